The van der Waals surface area contributed by atoms with Gasteiger partial charge in [0.05, 0.1) is 5.54 Å². The van der Waals surface area contributed by atoms with Crippen LogP contribution in [0.5, 0.6) is 0 Å². The largest absolute Gasteiger partial charge is 0.354 e. The molecule has 0 aromatic carbocycles. The molecule has 1 unspecified atom stereocenters. The molecule has 0 spiro atoms. The smallest absolute Gasteiger partial charge is 0.175 e. The highest BCUT2D eigenvalue weighted by Gasteiger charge is 2.32. The van der Waals surface area contributed by atoms with Gasteiger partial charge < -0.3 is 20.5 Å². The summed E-state index contributed by atoms with van der Waals surface area (Å²) in [6, 6.07) is 0. The summed E-state index contributed by atoms with van der Waals surface area (Å²) in [6.07, 6.45) is 2.42. The Kier molecular flexibility index (Phi) is 6.74. The molecule has 0 bridgehead atoms. The van der Waals surface area contributed by atoms with Crippen molar-refractivity contribution < 1.29 is 9.47 Å². The summed E-state index contributed by atoms with van der Waals surface area (Å²) in [5.41, 5.74) is 5.34. The van der Waals surface area contributed by atoms with Gasteiger partial charge in [0.1, 0.15) is 0 Å². The van der Waals surface area contributed by atoms with Gasteiger partial charge in [-0.2, -0.15) is 0 Å². The van der Waals surface area contributed by atoms with Gasteiger partial charge >= 0.3 is 0 Å². The van der Waals surface area contributed by atoms with E-state index in [-0.39, 0.29) is 11.8 Å². The van der Waals surface area contributed by atoms with Crippen LogP contribution < -0.4 is 11.1 Å². The van der Waals surface area contributed by atoms with E-state index < -0.39 is 0 Å². The molecule has 0 aliphatic heterocycles. The minimum Gasteiger partial charge on any atom is -0.354 e. The second kappa shape index (κ2) is 6.95. The Morgan fingerprint density at radius 1 is 1.50 bits per heavy atom. The summed E-state index contributed by atoms with van der Waals surface area (Å²) in [7, 11) is 3.22. The number of hydrogen-bond donors (Lipinski definition) is 2. The molecule has 0 aromatic rings. The second-order valence-corrected chi connectivity index (χ2v) is 3.43. The third-order valence-corrected chi connectivity index (χ3v) is 2.25. The predicted octanol–water partition coefficient (Wildman–Crippen LogP) is 0.488. The zero-order valence-electron chi connectivity index (χ0n) is 9.38. The number of ether oxygens (including phenoxy) is 2. The van der Waals surface area contributed by atoms with E-state index >= 15 is 0 Å². The van der Waals surface area contributed by atoms with Gasteiger partial charge in [-0.3, -0.25) is 0 Å². The molecular formula is C10H22N2O2. The molecule has 0 aromatic heterocycles. The molecule has 4 nitrogen and oxygen atoms in total. The summed E-state index contributed by atoms with van der Waals surface area (Å²) in [5, 5.41) is 3.30. The van der Waals surface area contributed by atoms with Gasteiger partial charge in [0.25, 0.3) is 0 Å². The Bertz CT molecular complexity index is 160. The van der Waals surface area contributed by atoms with Crippen LogP contribution in [0, 0.1) is 0 Å². The van der Waals surface area contributed by atoms with Crippen LogP contribution in [0.3, 0.4) is 0 Å². The molecule has 0 heterocycles. The van der Waals surface area contributed by atoms with Crippen LogP contribution >= 0.6 is 0 Å². The molecular weight excluding hydrogens is 180 g/mol. The Labute approximate surface area is 86.5 Å². The van der Waals surface area contributed by atoms with Crippen molar-refractivity contribution in [3.8, 4) is 0 Å². The number of hydrogen-bond acceptors (Lipinski definition) is 4. The maximum Gasteiger partial charge on any atom is 0.175 e. The number of nitrogens with two attached hydrogens (primary N) is 1. The molecule has 3 N–H and O–H groups in total. The van der Waals surface area contributed by atoms with Crippen molar-refractivity contribution in [2.75, 3.05) is 27.3 Å². The summed E-state index contributed by atoms with van der Waals surface area (Å²) < 4.78 is 10.4. The van der Waals surface area contributed by atoms with Crippen LogP contribution in [0.2, 0.25) is 0 Å². The van der Waals surface area contributed by atoms with Gasteiger partial charge in [0.15, 0.2) is 6.29 Å². The molecule has 1 atom stereocenters. The predicted molar refractivity (Wildman–Crippen MR) is 58.1 cm³/mol. The van der Waals surface area contributed by atoms with E-state index in [0.29, 0.717) is 6.54 Å². The molecule has 0 amide bonds. The van der Waals surface area contributed by atoms with Crippen molar-refractivity contribution in [1.29, 1.82) is 0 Å². The van der Waals surface area contributed by atoms with E-state index in [4.69, 9.17) is 15.2 Å². The molecule has 0 aliphatic carbocycles. The van der Waals surface area contributed by atoms with Crippen molar-refractivity contribution in [3.05, 3.63) is 12.7 Å². The fraction of sp³-hybridized carbons (Fsp3) is 0.800. The van der Waals surface area contributed by atoms with Crippen LogP contribution in [0.4, 0.5) is 0 Å². The monoisotopic (exact) mass is 202 g/mol. The zero-order chi connectivity index (χ0) is 11.0. The fourth-order valence-electron chi connectivity index (χ4n) is 1.33. The van der Waals surface area contributed by atoms with Crippen LogP contribution in [0.25, 0.3) is 0 Å². The normalized spacial score (nSPS) is 15.5. The highest BCUT2D eigenvalue weighted by atomic mass is 16.7. The lowest BCUT2D eigenvalue weighted by atomic mass is 10.0. The second-order valence-electron chi connectivity index (χ2n) is 3.43. The lowest BCUT2D eigenvalue weighted by molar-refractivity contribution is -0.148. The van der Waals surface area contributed by atoms with Gasteiger partial charge in [-0.15, -0.1) is 6.58 Å². The minimum atomic E-state index is -0.355. The highest BCUT2D eigenvalue weighted by molar-refractivity contribution is 4.88. The van der Waals surface area contributed by atoms with Crippen LogP contribution in [-0.4, -0.2) is 39.1 Å². The van der Waals surface area contributed by atoms with E-state index in [1.807, 2.05) is 13.0 Å². The summed E-state index contributed by atoms with van der Waals surface area (Å²) in [6.45, 7) is 6.91. The van der Waals surface area contributed by atoms with Gasteiger partial charge in [-0.25, -0.2) is 0 Å². The zero-order valence-corrected chi connectivity index (χ0v) is 9.38. The Morgan fingerprint density at radius 2 is 2.07 bits per heavy atom. The number of methoxy groups -OCH3 is 2. The molecule has 0 fully saturated rings. The van der Waals surface area contributed by atoms with Gasteiger partial charge in [0, 0.05) is 20.8 Å². The molecule has 4 heteroatoms. The average Bonchev–Trinajstić information content (AvgIpc) is 2.20. The van der Waals surface area contributed by atoms with E-state index in [2.05, 4.69) is 11.9 Å². The molecule has 0 saturated heterocycles. The highest BCUT2D eigenvalue weighted by Crippen LogP contribution is 2.12. The van der Waals surface area contributed by atoms with Crippen LogP contribution in [-0.2, 0) is 9.47 Å². The van der Waals surface area contributed by atoms with E-state index in [9.17, 15) is 0 Å². The molecule has 0 saturated carbocycles. The van der Waals surface area contributed by atoms with Gasteiger partial charge in [0.2, 0.25) is 0 Å². The van der Waals surface area contributed by atoms with Crippen molar-refractivity contribution in [2.24, 2.45) is 5.73 Å². The molecule has 0 aliphatic rings. The first-order valence-electron chi connectivity index (χ1n) is 4.76. The van der Waals surface area contributed by atoms with E-state index in [1.54, 1.807) is 14.2 Å². The quantitative estimate of drug-likeness (QED) is 0.342. The maximum absolute atomic E-state index is 5.69. The fourth-order valence-corrected chi connectivity index (χ4v) is 1.33. The van der Waals surface area contributed by atoms with Crippen LogP contribution in [0.1, 0.15) is 13.3 Å². The first-order chi connectivity index (χ1) is 6.64. The minimum absolute atomic E-state index is 0.336. The van der Waals surface area contributed by atoms with Crippen molar-refractivity contribution in [1.82, 2.24) is 5.32 Å². The van der Waals surface area contributed by atoms with Crippen molar-refractivity contribution in [2.45, 2.75) is 25.2 Å². The van der Waals surface area contributed by atoms with E-state index in [0.717, 1.165) is 13.0 Å². The Morgan fingerprint density at radius 3 is 2.43 bits per heavy atom. The van der Waals surface area contributed by atoms with E-state index in [1.165, 1.54) is 0 Å². The topological polar surface area (TPSA) is 56.5 Å². The molecule has 84 valence electrons. The number of rotatable bonds is 8. The lowest BCUT2D eigenvalue weighted by Gasteiger charge is -2.35. The van der Waals surface area contributed by atoms with Crippen LogP contribution in [0.15, 0.2) is 12.7 Å². The molecule has 14 heavy (non-hydrogen) atoms. The van der Waals surface area contributed by atoms with Gasteiger partial charge in [-0.1, -0.05) is 6.08 Å². The van der Waals surface area contributed by atoms with Gasteiger partial charge in [-0.05, 0) is 19.9 Å². The molecule has 0 radical (unpaired) electrons. The summed E-state index contributed by atoms with van der Waals surface area (Å²) in [5.74, 6) is 0. The standard InChI is InChI=1S/C10H22N2O2/c1-5-6-7-12-10(2,8-11)9(13-3)14-4/h5,9,12H,1,6-8,11H2,2-4H3. The maximum atomic E-state index is 5.69. The SMILES string of the molecule is C=CCCNC(C)(CN)C(OC)OC. The number of nitrogens with one attached hydrogen (secondary N) is 1. The third kappa shape index (κ3) is 3.75. The Hall–Kier alpha value is -0.420. The molecule has 0 rings (SSSR count). The Balaban J connectivity index is 4.20. The first kappa shape index (κ1) is 13.6. The van der Waals surface area contributed by atoms with Crippen molar-refractivity contribution >= 4 is 0 Å². The van der Waals surface area contributed by atoms with Crippen molar-refractivity contribution in [3.63, 3.8) is 0 Å². The summed E-state index contributed by atoms with van der Waals surface area (Å²) >= 11 is 0. The lowest BCUT2D eigenvalue weighted by Crippen LogP contribution is -2.58. The first-order valence-corrected chi connectivity index (χ1v) is 4.76. The average molecular weight is 202 g/mol. The third-order valence-electron chi connectivity index (χ3n) is 2.25. The summed E-state index contributed by atoms with van der Waals surface area (Å²) in [4.78, 5) is 0.